The van der Waals surface area contributed by atoms with Gasteiger partial charge in [0.2, 0.25) is 5.78 Å². The van der Waals surface area contributed by atoms with Crippen molar-refractivity contribution in [3.05, 3.63) is 69.4 Å². The number of allylic oxidation sites excluding steroid dienone is 4. The van der Waals surface area contributed by atoms with Crippen molar-refractivity contribution in [3.63, 3.8) is 0 Å². The van der Waals surface area contributed by atoms with Gasteiger partial charge in [0, 0.05) is 36.1 Å². The lowest BCUT2D eigenvalue weighted by atomic mass is 9.74. The number of hydrogen-bond donors (Lipinski definition) is 0. The molecule has 1 unspecified atom stereocenters. The second-order valence-corrected chi connectivity index (χ2v) is 17.3. The molecule has 0 fully saturated rings. The number of Topliss-reactive ketones (excluding diaryl/α,β-unsaturated/α-hetero) is 2. The maximum Gasteiger partial charge on any atom is 0.201 e. The molecule has 1 atom stereocenters. The summed E-state index contributed by atoms with van der Waals surface area (Å²) < 4.78 is 20.7. The number of aliphatic imine (C=N–C) groups is 1. The standard InChI is InChI=1S/C31H42ClFO2.C12H23NO.C4H10.C2H6/c1-11-15-31(9,10)21(5)28(34)27-16-20(4)29(35-27)24(30(6,7)8)18-23(19(3)12-2)22-13-14-25(32)26(33)17-22;1-6-7-11(13-5)12(3,4)9-8-10(2)14;1-3-4-2;1-2/h13-14,16-18,21H,11-12,15H2,1-10H3;6-9H2,1-5H3;3-4H2,1-2H3;1-2H3/b23-19-,24-18+;;;. The quantitative estimate of drug-likeness (QED) is 0.0967. The van der Waals surface area contributed by atoms with E-state index in [4.69, 9.17) is 16.0 Å². The summed E-state index contributed by atoms with van der Waals surface area (Å²) in [5.74, 6) is 0.813. The third-order valence-corrected chi connectivity index (χ3v) is 10.6. The van der Waals surface area contributed by atoms with E-state index in [2.05, 4.69) is 101 Å². The van der Waals surface area contributed by atoms with Gasteiger partial charge >= 0.3 is 0 Å². The molecule has 6 heteroatoms. The number of halogens is 2. The first-order valence-electron chi connectivity index (χ1n) is 21.0. The van der Waals surface area contributed by atoms with Crippen molar-refractivity contribution in [1.82, 2.24) is 0 Å². The predicted molar refractivity (Wildman–Crippen MR) is 241 cm³/mol. The summed E-state index contributed by atoms with van der Waals surface area (Å²) >= 11 is 5.95. The van der Waals surface area contributed by atoms with Gasteiger partial charge in [-0.2, -0.15) is 0 Å². The van der Waals surface area contributed by atoms with Gasteiger partial charge in [-0.25, -0.2) is 4.39 Å². The maximum absolute atomic E-state index is 14.4. The lowest BCUT2D eigenvalue weighted by molar-refractivity contribution is -0.117. The number of unbranched alkanes of at least 4 members (excludes halogenated alkanes) is 1. The molecule has 0 aliphatic carbocycles. The minimum absolute atomic E-state index is 0.0336. The number of furan rings is 1. The number of ketones is 2. The van der Waals surface area contributed by atoms with Crippen LogP contribution in [0.25, 0.3) is 11.1 Å². The summed E-state index contributed by atoms with van der Waals surface area (Å²) in [6.07, 6.45) is 11.3. The molecule has 0 N–H and O–H groups in total. The average molecular weight is 787 g/mol. The first-order valence-corrected chi connectivity index (χ1v) is 21.3. The predicted octanol–water partition coefficient (Wildman–Crippen LogP) is 16.4. The zero-order valence-electron chi connectivity index (χ0n) is 38.8. The van der Waals surface area contributed by atoms with Crippen molar-refractivity contribution in [2.75, 3.05) is 7.05 Å². The Hall–Kier alpha value is -2.79. The lowest BCUT2D eigenvalue weighted by Gasteiger charge is -2.30. The van der Waals surface area contributed by atoms with E-state index in [-0.39, 0.29) is 38.8 Å². The van der Waals surface area contributed by atoms with Gasteiger partial charge < -0.3 is 9.21 Å². The van der Waals surface area contributed by atoms with E-state index in [1.807, 2.05) is 46.9 Å². The van der Waals surface area contributed by atoms with Gasteiger partial charge in [0.1, 0.15) is 17.4 Å². The van der Waals surface area contributed by atoms with Crippen molar-refractivity contribution < 1.29 is 18.4 Å². The fraction of sp³-hybridized carbons (Fsp3) is 0.653. The van der Waals surface area contributed by atoms with Gasteiger partial charge in [-0.3, -0.25) is 9.79 Å². The van der Waals surface area contributed by atoms with Crippen molar-refractivity contribution in [2.24, 2.45) is 27.2 Å². The van der Waals surface area contributed by atoms with E-state index in [0.29, 0.717) is 17.9 Å². The van der Waals surface area contributed by atoms with Crippen LogP contribution in [0.1, 0.15) is 203 Å². The molecule has 4 nitrogen and oxygen atoms in total. The second-order valence-electron chi connectivity index (χ2n) is 16.9. The van der Waals surface area contributed by atoms with Crippen LogP contribution in [0.3, 0.4) is 0 Å². The summed E-state index contributed by atoms with van der Waals surface area (Å²) in [7, 11) is 1.85. The number of carbonyl (C=O) groups is 2. The van der Waals surface area contributed by atoms with Crippen LogP contribution in [0.4, 0.5) is 4.39 Å². The number of hydrogen-bond acceptors (Lipinski definition) is 4. The van der Waals surface area contributed by atoms with E-state index in [9.17, 15) is 14.0 Å². The summed E-state index contributed by atoms with van der Waals surface area (Å²) in [6.45, 7) is 37.4. The Morgan fingerprint density at radius 2 is 1.44 bits per heavy atom. The molecule has 0 aliphatic heterocycles. The topological polar surface area (TPSA) is 59.6 Å². The molecule has 1 aromatic carbocycles. The van der Waals surface area contributed by atoms with Crippen molar-refractivity contribution >= 4 is 40.0 Å². The molecule has 314 valence electrons. The number of carbonyl (C=O) groups excluding carboxylic acids is 2. The molecule has 0 amide bonds. The molecule has 0 saturated heterocycles. The molecule has 0 bridgehead atoms. The van der Waals surface area contributed by atoms with Crippen molar-refractivity contribution in [3.8, 4) is 0 Å². The summed E-state index contributed by atoms with van der Waals surface area (Å²) in [5, 5.41) is 0.104. The molecule has 2 rings (SSSR count). The van der Waals surface area contributed by atoms with E-state index in [1.165, 1.54) is 24.6 Å². The van der Waals surface area contributed by atoms with Crippen molar-refractivity contribution in [2.45, 2.75) is 182 Å². The van der Waals surface area contributed by atoms with Gasteiger partial charge in [0.15, 0.2) is 5.76 Å². The van der Waals surface area contributed by atoms with Crippen LogP contribution in [-0.4, -0.2) is 24.3 Å². The monoisotopic (exact) mass is 786 g/mol. The second kappa shape index (κ2) is 26.2. The zero-order valence-corrected chi connectivity index (χ0v) is 39.5. The maximum atomic E-state index is 14.4. The highest BCUT2D eigenvalue weighted by molar-refractivity contribution is 6.30. The molecule has 1 aromatic heterocycles. The molecule has 0 spiro atoms. The van der Waals surface area contributed by atoms with Crippen LogP contribution in [-0.2, 0) is 4.79 Å². The Labute approximate surface area is 343 Å². The highest BCUT2D eigenvalue weighted by atomic mass is 35.5. The SMILES string of the molecule is CC.CCCC.CCCC(=NC)C(C)(C)CCC(C)=O.CCCC(C)(C)C(C)C(=O)c1cc(C)c(/C(=C\C(=C(/C)CC)c2ccc(Cl)c(F)c2)C(C)(C)C)o1. The molecule has 0 radical (unpaired) electrons. The Bertz CT molecular complexity index is 1550. The molecule has 0 aliphatic rings. The Morgan fingerprint density at radius 1 is 0.873 bits per heavy atom. The molecule has 55 heavy (non-hydrogen) atoms. The van der Waals surface area contributed by atoms with Crippen LogP contribution in [0.5, 0.6) is 0 Å². The summed E-state index contributed by atoms with van der Waals surface area (Å²) in [4.78, 5) is 28.6. The van der Waals surface area contributed by atoms with Crippen LogP contribution in [0, 0.1) is 34.9 Å². The first kappa shape index (κ1) is 54.3. The molecule has 0 saturated carbocycles. The van der Waals surface area contributed by atoms with Crippen LogP contribution in [0.2, 0.25) is 5.02 Å². The van der Waals surface area contributed by atoms with E-state index < -0.39 is 5.82 Å². The van der Waals surface area contributed by atoms with Gasteiger partial charge in [-0.15, -0.1) is 0 Å². The average Bonchev–Trinajstić information content (AvgIpc) is 3.51. The summed E-state index contributed by atoms with van der Waals surface area (Å²) in [6, 6.07) is 6.79. The van der Waals surface area contributed by atoms with E-state index in [0.717, 1.165) is 66.4 Å². The molecule has 1 heterocycles. The number of aryl methyl sites for hydroxylation is 1. The molecule has 2 aromatic rings. The number of rotatable bonds is 16. The fourth-order valence-electron chi connectivity index (χ4n) is 6.00. The van der Waals surface area contributed by atoms with Crippen molar-refractivity contribution in [1.29, 1.82) is 0 Å². The minimum Gasteiger partial charge on any atom is -0.453 e. The van der Waals surface area contributed by atoms with Crippen LogP contribution >= 0.6 is 11.6 Å². The fourth-order valence-corrected chi connectivity index (χ4v) is 6.11. The number of nitrogens with zero attached hydrogens (tertiary/aromatic N) is 1. The molecular formula is C49H81ClFNO3. The van der Waals surface area contributed by atoms with Crippen LogP contribution in [0.15, 0.2) is 45.3 Å². The number of benzene rings is 1. The Morgan fingerprint density at radius 3 is 1.85 bits per heavy atom. The van der Waals surface area contributed by atoms with Crippen LogP contribution < -0.4 is 0 Å². The highest BCUT2D eigenvalue weighted by Gasteiger charge is 2.34. The summed E-state index contributed by atoms with van der Waals surface area (Å²) in [5.41, 5.74) is 5.65. The normalized spacial score (nSPS) is 13.3. The van der Waals surface area contributed by atoms with Gasteiger partial charge in [0.25, 0.3) is 0 Å². The first-order chi connectivity index (χ1) is 25.5. The lowest BCUT2D eigenvalue weighted by Crippen LogP contribution is -2.28. The van der Waals surface area contributed by atoms with Gasteiger partial charge in [-0.1, -0.05) is 153 Å². The van der Waals surface area contributed by atoms with Gasteiger partial charge in [-0.05, 0) is 98.3 Å². The van der Waals surface area contributed by atoms with E-state index >= 15 is 0 Å². The molecular weight excluding hydrogens is 705 g/mol. The Balaban J connectivity index is 0. The third-order valence-electron chi connectivity index (χ3n) is 10.3. The Kier molecular flexibility index (Phi) is 25.9. The zero-order chi connectivity index (χ0) is 43.3. The smallest absolute Gasteiger partial charge is 0.201 e. The largest absolute Gasteiger partial charge is 0.453 e. The minimum atomic E-state index is -0.443. The van der Waals surface area contributed by atoms with E-state index in [1.54, 1.807) is 13.0 Å². The highest BCUT2D eigenvalue weighted by Crippen LogP contribution is 2.41. The third kappa shape index (κ3) is 18.3. The van der Waals surface area contributed by atoms with Gasteiger partial charge in [0.05, 0.1) is 5.02 Å².